The van der Waals surface area contributed by atoms with E-state index in [0.29, 0.717) is 0 Å². The van der Waals surface area contributed by atoms with Gasteiger partial charge in [-0.2, -0.15) is 0 Å². The van der Waals surface area contributed by atoms with Crippen molar-refractivity contribution in [1.82, 2.24) is 10.2 Å². The zero-order valence-corrected chi connectivity index (χ0v) is 23.2. The van der Waals surface area contributed by atoms with Crippen molar-refractivity contribution in [2.75, 3.05) is 17.1 Å². The number of carbonyl (C=O) groups excluding carboxylic acids is 2. The van der Waals surface area contributed by atoms with Crippen molar-refractivity contribution in [3.05, 3.63) is 63.6 Å². The highest BCUT2D eigenvalue weighted by Crippen LogP contribution is 2.31. The van der Waals surface area contributed by atoms with Crippen molar-refractivity contribution < 1.29 is 18.0 Å². The number of sulfonamides is 1. The van der Waals surface area contributed by atoms with Gasteiger partial charge in [0.1, 0.15) is 12.6 Å². The van der Waals surface area contributed by atoms with E-state index < -0.39 is 28.5 Å². The molecule has 2 amide bonds. The third kappa shape index (κ3) is 7.60. The Morgan fingerprint density at radius 3 is 2.42 bits per heavy atom. The topological polar surface area (TPSA) is 86.8 Å². The molecular formula is C26H33Cl2N3O4S. The Balaban J connectivity index is 1.90. The number of carbonyl (C=O) groups is 2. The lowest BCUT2D eigenvalue weighted by Gasteiger charge is -2.33. The highest BCUT2D eigenvalue weighted by molar-refractivity contribution is 7.92. The average molecular weight is 555 g/mol. The smallest absolute Gasteiger partial charge is 0.244 e. The maximum absolute atomic E-state index is 13.7. The molecule has 0 heterocycles. The maximum atomic E-state index is 13.7. The van der Waals surface area contributed by atoms with Gasteiger partial charge in [0.25, 0.3) is 0 Å². The minimum absolute atomic E-state index is 0.0856. The highest BCUT2D eigenvalue weighted by atomic mass is 35.5. The van der Waals surface area contributed by atoms with E-state index in [1.54, 1.807) is 6.92 Å². The van der Waals surface area contributed by atoms with Gasteiger partial charge >= 0.3 is 0 Å². The number of anilines is 1. The summed E-state index contributed by atoms with van der Waals surface area (Å²) in [6.45, 7) is 3.25. The second-order valence-corrected chi connectivity index (χ2v) is 12.1. The fraction of sp³-hybridized carbons (Fsp3) is 0.462. The van der Waals surface area contributed by atoms with Gasteiger partial charge in [0.2, 0.25) is 21.8 Å². The number of rotatable bonds is 9. The van der Waals surface area contributed by atoms with Crippen LogP contribution in [-0.2, 0) is 26.2 Å². The van der Waals surface area contributed by atoms with Crippen molar-refractivity contribution >= 4 is 50.7 Å². The number of nitrogens with zero attached hydrogens (tertiary/aromatic N) is 2. The number of aryl methyl sites for hydroxylation is 1. The van der Waals surface area contributed by atoms with E-state index >= 15 is 0 Å². The van der Waals surface area contributed by atoms with Gasteiger partial charge in [0, 0.05) is 17.6 Å². The molecule has 196 valence electrons. The summed E-state index contributed by atoms with van der Waals surface area (Å²) in [5.74, 6) is -0.779. The van der Waals surface area contributed by atoms with E-state index in [4.69, 9.17) is 23.2 Å². The lowest BCUT2D eigenvalue weighted by Crippen LogP contribution is -2.53. The Bertz CT molecular complexity index is 1200. The van der Waals surface area contributed by atoms with Gasteiger partial charge in [-0.3, -0.25) is 13.9 Å². The van der Waals surface area contributed by atoms with Crippen LogP contribution in [0.5, 0.6) is 0 Å². The Morgan fingerprint density at radius 2 is 1.78 bits per heavy atom. The summed E-state index contributed by atoms with van der Waals surface area (Å²) in [6.07, 6.45) is 6.12. The van der Waals surface area contributed by atoms with Crippen LogP contribution < -0.4 is 9.62 Å². The van der Waals surface area contributed by atoms with E-state index in [1.807, 2.05) is 31.2 Å². The first-order valence-corrected chi connectivity index (χ1v) is 14.6. The summed E-state index contributed by atoms with van der Waals surface area (Å²) in [6, 6.07) is 11.3. The lowest BCUT2D eigenvalue weighted by atomic mass is 9.95. The van der Waals surface area contributed by atoms with Crippen LogP contribution >= 0.6 is 23.2 Å². The number of nitrogens with one attached hydrogen (secondary N) is 1. The first-order valence-electron chi connectivity index (χ1n) is 12.0. The Hall–Kier alpha value is -2.29. The van der Waals surface area contributed by atoms with Crippen molar-refractivity contribution in [1.29, 1.82) is 0 Å². The molecule has 0 aliphatic heterocycles. The first kappa shape index (κ1) is 28.3. The number of benzene rings is 2. The molecule has 2 aromatic carbocycles. The second-order valence-electron chi connectivity index (χ2n) is 9.40. The van der Waals surface area contributed by atoms with Gasteiger partial charge in [-0.25, -0.2) is 8.42 Å². The number of hydrogen-bond donors (Lipinski definition) is 1. The molecule has 0 aromatic heterocycles. The van der Waals surface area contributed by atoms with Gasteiger partial charge in [-0.15, -0.1) is 0 Å². The first-order chi connectivity index (χ1) is 17.0. The summed E-state index contributed by atoms with van der Waals surface area (Å²) in [7, 11) is -3.89. The van der Waals surface area contributed by atoms with Crippen LogP contribution in [0.1, 0.15) is 50.2 Å². The summed E-state index contributed by atoms with van der Waals surface area (Å²) in [5.41, 5.74) is 1.96. The van der Waals surface area contributed by atoms with Gasteiger partial charge in [-0.1, -0.05) is 72.3 Å². The lowest BCUT2D eigenvalue weighted by molar-refractivity contribution is -0.139. The molecule has 0 unspecified atom stereocenters. The Morgan fingerprint density at radius 1 is 1.08 bits per heavy atom. The van der Waals surface area contributed by atoms with Crippen LogP contribution in [0.2, 0.25) is 10.0 Å². The summed E-state index contributed by atoms with van der Waals surface area (Å²) in [5, 5.41) is 3.51. The quantitative estimate of drug-likeness (QED) is 0.476. The molecule has 7 nitrogen and oxygen atoms in total. The van der Waals surface area contributed by atoms with Crippen LogP contribution in [0.3, 0.4) is 0 Å². The van der Waals surface area contributed by atoms with Gasteiger partial charge in [0.05, 0.1) is 17.0 Å². The summed E-state index contributed by atoms with van der Waals surface area (Å²) >= 11 is 12.4. The highest BCUT2D eigenvalue weighted by Gasteiger charge is 2.31. The van der Waals surface area contributed by atoms with Crippen molar-refractivity contribution in [3.63, 3.8) is 0 Å². The van der Waals surface area contributed by atoms with E-state index in [0.717, 1.165) is 53.8 Å². The predicted octanol–water partition coefficient (Wildman–Crippen LogP) is 4.93. The number of hydrogen-bond acceptors (Lipinski definition) is 4. The van der Waals surface area contributed by atoms with E-state index in [2.05, 4.69) is 5.32 Å². The molecule has 1 saturated carbocycles. The standard InChI is InChI=1S/C26H33Cl2N3O4S/c1-18-8-7-9-20(14-18)16-30(19(2)26(33)29-22-10-5-4-6-11-22)25(32)17-31(36(3,34)35)24-15-21(27)12-13-23(24)28/h7-9,12-15,19,22H,4-6,10-11,16-17H2,1-3H3,(H,29,33)/t19-/m0/s1. The van der Waals surface area contributed by atoms with Gasteiger partial charge in [0.15, 0.2) is 0 Å². The van der Waals surface area contributed by atoms with Crippen LogP contribution in [0.25, 0.3) is 0 Å². The number of amides is 2. The molecule has 0 radical (unpaired) electrons. The normalized spacial score (nSPS) is 15.2. The van der Waals surface area contributed by atoms with Gasteiger partial charge in [-0.05, 0) is 50.5 Å². The van der Waals surface area contributed by atoms with Gasteiger partial charge < -0.3 is 10.2 Å². The average Bonchev–Trinajstić information content (AvgIpc) is 2.82. The second kappa shape index (κ2) is 12.3. The molecular weight excluding hydrogens is 521 g/mol. The van der Waals surface area contributed by atoms with Crippen molar-refractivity contribution in [2.24, 2.45) is 0 Å². The Labute approximate surface area is 223 Å². The number of halogens is 2. The van der Waals surface area contributed by atoms with Crippen LogP contribution in [-0.4, -0.2) is 50.0 Å². The zero-order valence-electron chi connectivity index (χ0n) is 20.8. The molecule has 2 aromatic rings. The molecule has 1 aliphatic rings. The Kier molecular flexibility index (Phi) is 9.66. The minimum atomic E-state index is -3.89. The molecule has 1 aliphatic carbocycles. The predicted molar refractivity (Wildman–Crippen MR) is 145 cm³/mol. The van der Waals surface area contributed by atoms with Crippen LogP contribution in [0.4, 0.5) is 5.69 Å². The third-order valence-electron chi connectivity index (χ3n) is 6.41. The third-order valence-corrected chi connectivity index (χ3v) is 8.09. The zero-order chi connectivity index (χ0) is 26.5. The fourth-order valence-corrected chi connectivity index (χ4v) is 5.72. The molecule has 0 spiro atoms. The SMILES string of the molecule is Cc1cccc(CN(C(=O)CN(c2cc(Cl)ccc2Cl)S(C)(=O)=O)[C@@H](C)C(=O)NC2CCCCC2)c1. The fourth-order valence-electron chi connectivity index (χ4n) is 4.43. The molecule has 1 fully saturated rings. The molecule has 10 heteroatoms. The summed E-state index contributed by atoms with van der Waals surface area (Å²) in [4.78, 5) is 28.3. The van der Waals surface area contributed by atoms with Crippen LogP contribution in [0, 0.1) is 6.92 Å². The van der Waals surface area contributed by atoms with E-state index in [9.17, 15) is 18.0 Å². The van der Waals surface area contributed by atoms with E-state index in [1.165, 1.54) is 23.1 Å². The van der Waals surface area contributed by atoms with E-state index in [-0.39, 0.29) is 34.2 Å². The monoisotopic (exact) mass is 553 g/mol. The molecule has 0 bridgehead atoms. The van der Waals surface area contributed by atoms with Crippen LogP contribution in [0.15, 0.2) is 42.5 Å². The molecule has 0 saturated heterocycles. The molecule has 3 rings (SSSR count). The largest absolute Gasteiger partial charge is 0.352 e. The molecule has 1 atom stereocenters. The van der Waals surface area contributed by atoms with Crippen molar-refractivity contribution in [3.8, 4) is 0 Å². The summed E-state index contributed by atoms with van der Waals surface area (Å²) < 4.78 is 26.3. The van der Waals surface area contributed by atoms with Crippen molar-refractivity contribution in [2.45, 2.75) is 64.6 Å². The molecule has 36 heavy (non-hydrogen) atoms. The maximum Gasteiger partial charge on any atom is 0.244 e. The minimum Gasteiger partial charge on any atom is -0.352 e. The molecule has 1 N–H and O–H groups in total.